The third-order valence-electron chi connectivity index (χ3n) is 5.36. The predicted octanol–water partition coefficient (Wildman–Crippen LogP) is 2.97. The van der Waals surface area contributed by atoms with Gasteiger partial charge in [-0.25, -0.2) is 9.97 Å². The summed E-state index contributed by atoms with van der Waals surface area (Å²) in [5.74, 6) is 1.98. The molecule has 1 unspecified atom stereocenters. The summed E-state index contributed by atoms with van der Waals surface area (Å²) in [6.45, 7) is 4.73. The molecule has 1 aliphatic carbocycles. The van der Waals surface area contributed by atoms with Crippen molar-refractivity contribution in [3.63, 3.8) is 0 Å². The molecule has 3 heterocycles. The SMILES string of the molecule is CC1CCN(c2ncnc3[nH]ccc23)CC12CCC2. The van der Waals surface area contributed by atoms with Crippen LogP contribution in [0.25, 0.3) is 11.0 Å². The van der Waals surface area contributed by atoms with Crippen LogP contribution in [-0.2, 0) is 0 Å². The van der Waals surface area contributed by atoms with Crippen molar-refractivity contribution in [2.24, 2.45) is 11.3 Å². The van der Waals surface area contributed by atoms with Gasteiger partial charge in [0.15, 0.2) is 0 Å². The van der Waals surface area contributed by atoms with Crippen LogP contribution in [0.15, 0.2) is 18.6 Å². The van der Waals surface area contributed by atoms with Crippen LogP contribution in [0.4, 0.5) is 5.82 Å². The average Bonchev–Trinajstić information content (AvgIpc) is 2.85. The molecular weight excluding hydrogens is 236 g/mol. The van der Waals surface area contributed by atoms with Gasteiger partial charge >= 0.3 is 0 Å². The fraction of sp³-hybridized carbons (Fsp3) is 0.600. The molecule has 0 bridgehead atoms. The van der Waals surface area contributed by atoms with E-state index in [2.05, 4.69) is 32.8 Å². The van der Waals surface area contributed by atoms with Crippen molar-refractivity contribution in [3.8, 4) is 0 Å². The van der Waals surface area contributed by atoms with E-state index in [1.807, 2.05) is 6.20 Å². The molecule has 4 rings (SSSR count). The second kappa shape index (κ2) is 3.95. The number of nitrogens with zero attached hydrogens (tertiary/aromatic N) is 3. The molecule has 1 atom stereocenters. The molecular formula is C15H20N4. The maximum Gasteiger partial charge on any atom is 0.142 e. The molecule has 19 heavy (non-hydrogen) atoms. The Morgan fingerprint density at radius 2 is 2.26 bits per heavy atom. The Balaban J connectivity index is 1.71. The first-order valence-corrected chi connectivity index (χ1v) is 7.32. The Kier molecular flexibility index (Phi) is 2.34. The highest BCUT2D eigenvalue weighted by atomic mass is 15.2. The van der Waals surface area contributed by atoms with E-state index in [0.717, 1.165) is 29.3 Å². The molecule has 2 aliphatic rings. The van der Waals surface area contributed by atoms with Crippen LogP contribution in [0.5, 0.6) is 0 Å². The van der Waals surface area contributed by atoms with E-state index >= 15 is 0 Å². The van der Waals surface area contributed by atoms with Gasteiger partial charge in [-0.2, -0.15) is 0 Å². The Morgan fingerprint density at radius 3 is 3.05 bits per heavy atom. The number of H-pyrrole nitrogens is 1. The van der Waals surface area contributed by atoms with Gasteiger partial charge in [-0.05, 0) is 36.7 Å². The fourth-order valence-corrected chi connectivity index (χ4v) is 3.84. The summed E-state index contributed by atoms with van der Waals surface area (Å²) in [6.07, 6.45) is 9.11. The number of aromatic nitrogens is 3. The first-order valence-electron chi connectivity index (χ1n) is 7.32. The number of rotatable bonds is 1. The van der Waals surface area contributed by atoms with Crippen molar-refractivity contribution < 1.29 is 0 Å². The lowest BCUT2D eigenvalue weighted by molar-refractivity contribution is 0.0446. The van der Waals surface area contributed by atoms with E-state index in [-0.39, 0.29) is 0 Å². The molecule has 4 nitrogen and oxygen atoms in total. The summed E-state index contributed by atoms with van der Waals surface area (Å²) in [4.78, 5) is 14.5. The lowest BCUT2D eigenvalue weighted by atomic mass is 9.59. The Labute approximate surface area is 113 Å². The maximum atomic E-state index is 4.55. The lowest BCUT2D eigenvalue weighted by Gasteiger charge is -2.53. The molecule has 1 aliphatic heterocycles. The van der Waals surface area contributed by atoms with Gasteiger partial charge in [0.2, 0.25) is 0 Å². The first kappa shape index (κ1) is 11.3. The van der Waals surface area contributed by atoms with Crippen molar-refractivity contribution >= 4 is 16.9 Å². The number of nitrogens with one attached hydrogen (secondary N) is 1. The quantitative estimate of drug-likeness (QED) is 0.853. The number of hydrogen-bond acceptors (Lipinski definition) is 3. The third-order valence-corrected chi connectivity index (χ3v) is 5.36. The number of piperidine rings is 1. The second-order valence-electron chi connectivity index (χ2n) is 6.26. The first-order chi connectivity index (χ1) is 9.28. The maximum absolute atomic E-state index is 4.55. The highest BCUT2D eigenvalue weighted by Gasteiger charge is 2.45. The zero-order valence-electron chi connectivity index (χ0n) is 11.4. The van der Waals surface area contributed by atoms with Gasteiger partial charge in [-0.15, -0.1) is 0 Å². The number of fused-ring (bicyclic) bond motifs is 1. The van der Waals surface area contributed by atoms with Gasteiger partial charge in [0.1, 0.15) is 17.8 Å². The molecule has 4 heteroatoms. The minimum atomic E-state index is 0.561. The Hall–Kier alpha value is -1.58. The van der Waals surface area contributed by atoms with Crippen molar-refractivity contribution in [3.05, 3.63) is 18.6 Å². The van der Waals surface area contributed by atoms with Crippen LogP contribution in [0.2, 0.25) is 0 Å². The topological polar surface area (TPSA) is 44.8 Å². The second-order valence-corrected chi connectivity index (χ2v) is 6.26. The van der Waals surface area contributed by atoms with Crippen molar-refractivity contribution in [1.82, 2.24) is 15.0 Å². The molecule has 1 spiro atoms. The van der Waals surface area contributed by atoms with E-state index in [4.69, 9.17) is 0 Å². The van der Waals surface area contributed by atoms with E-state index in [1.165, 1.54) is 32.2 Å². The van der Waals surface area contributed by atoms with Gasteiger partial charge in [0, 0.05) is 19.3 Å². The van der Waals surface area contributed by atoms with Gasteiger partial charge in [0.25, 0.3) is 0 Å². The summed E-state index contributed by atoms with van der Waals surface area (Å²) in [5.41, 5.74) is 1.51. The Bertz CT molecular complexity index is 599. The molecule has 2 fully saturated rings. The van der Waals surface area contributed by atoms with Crippen molar-refractivity contribution in [1.29, 1.82) is 0 Å². The molecule has 0 radical (unpaired) electrons. The van der Waals surface area contributed by atoms with E-state index in [9.17, 15) is 0 Å². The molecule has 1 N–H and O–H groups in total. The van der Waals surface area contributed by atoms with Gasteiger partial charge in [-0.1, -0.05) is 13.3 Å². The molecule has 0 aromatic carbocycles. The molecule has 0 amide bonds. The van der Waals surface area contributed by atoms with Gasteiger partial charge in [-0.3, -0.25) is 0 Å². The predicted molar refractivity (Wildman–Crippen MR) is 76.2 cm³/mol. The van der Waals surface area contributed by atoms with Crippen molar-refractivity contribution in [2.45, 2.75) is 32.6 Å². The summed E-state index contributed by atoms with van der Waals surface area (Å²) in [5, 5.41) is 1.16. The van der Waals surface area contributed by atoms with Crippen LogP contribution >= 0.6 is 0 Å². The molecule has 100 valence electrons. The molecule has 1 saturated carbocycles. The number of aromatic amines is 1. The third kappa shape index (κ3) is 1.58. The number of hydrogen-bond donors (Lipinski definition) is 1. The van der Waals surface area contributed by atoms with E-state index < -0.39 is 0 Å². The molecule has 1 saturated heterocycles. The monoisotopic (exact) mass is 256 g/mol. The van der Waals surface area contributed by atoms with Crippen LogP contribution in [0.1, 0.15) is 32.6 Å². The summed E-state index contributed by atoms with van der Waals surface area (Å²) >= 11 is 0. The van der Waals surface area contributed by atoms with E-state index in [1.54, 1.807) is 6.33 Å². The van der Waals surface area contributed by atoms with Crippen LogP contribution < -0.4 is 4.90 Å². The van der Waals surface area contributed by atoms with Gasteiger partial charge in [0.05, 0.1) is 5.39 Å². The fourth-order valence-electron chi connectivity index (χ4n) is 3.84. The molecule has 2 aromatic heterocycles. The Morgan fingerprint density at radius 1 is 1.37 bits per heavy atom. The highest BCUT2D eigenvalue weighted by molar-refractivity contribution is 5.87. The largest absolute Gasteiger partial charge is 0.355 e. The van der Waals surface area contributed by atoms with Crippen LogP contribution in [0, 0.1) is 11.3 Å². The highest BCUT2D eigenvalue weighted by Crippen LogP contribution is 2.51. The summed E-state index contributed by atoms with van der Waals surface area (Å²) in [7, 11) is 0. The average molecular weight is 256 g/mol. The zero-order chi connectivity index (χ0) is 12.9. The zero-order valence-corrected chi connectivity index (χ0v) is 11.4. The van der Waals surface area contributed by atoms with Crippen molar-refractivity contribution in [2.75, 3.05) is 18.0 Å². The lowest BCUT2D eigenvalue weighted by Crippen LogP contribution is -2.52. The summed E-state index contributed by atoms with van der Waals surface area (Å²) < 4.78 is 0. The van der Waals surface area contributed by atoms with E-state index in [0.29, 0.717) is 5.41 Å². The minimum Gasteiger partial charge on any atom is -0.355 e. The number of anilines is 1. The summed E-state index contributed by atoms with van der Waals surface area (Å²) in [6, 6.07) is 2.09. The minimum absolute atomic E-state index is 0.561. The van der Waals surface area contributed by atoms with Crippen LogP contribution in [0.3, 0.4) is 0 Å². The standard InChI is InChI=1S/C15H20N4/c1-11-4-8-19(9-15(11)5-2-6-15)14-12-3-7-16-13(12)17-10-18-14/h3,7,10-11H,2,4-6,8-9H2,1H3,(H,16,17,18). The van der Waals surface area contributed by atoms with Gasteiger partial charge < -0.3 is 9.88 Å². The van der Waals surface area contributed by atoms with Crippen LogP contribution in [-0.4, -0.2) is 28.0 Å². The molecule has 2 aromatic rings. The normalized spacial score (nSPS) is 25.7. The smallest absolute Gasteiger partial charge is 0.142 e.